The molecule has 0 unspecified atom stereocenters. The number of hydrogen-bond acceptors (Lipinski definition) is 8. The Bertz CT molecular complexity index is 1780. The number of phenols is 1. The first-order valence-electron chi connectivity index (χ1n) is 14.0. The molecule has 0 radical (unpaired) electrons. The molecule has 0 aromatic heterocycles. The molecular weight excluding hydrogens is 572 g/mol. The molecule has 0 spiro atoms. The molecule has 0 aliphatic heterocycles. The lowest BCUT2D eigenvalue weighted by Gasteiger charge is -2.15. The fraction of sp³-hybridized carbons (Fsp3) is 0.108. The topological polar surface area (TPSA) is 119 Å². The summed E-state index contributed by atoms with van der Waals surface area (Å²) >= 11 is 0. The fourth-order valence-electron chi connectivity index (χ4n) is 4.31. The highest BCUT2D eigenvalue weighted by atomic mass is 16.6. The van der Waals surface area contributed by atoms with Crippen LogP contribution in [0.5, 0.6) is 23.0 Å². The molecule has 2 N–H and O–H groups in total. The van der Waals surface area contributed by atoms with Crippen LogP contribution in [0.15, 0.2) is 115 Å². The van der Waals surface area contributed by atoms with Crippen molar-refractivity contribution in [3.8, 4) is 23.0 Å². The third kappa shape index (κ3) is 8.58. The van der Waals surface area contributed by atoms with Gasteiger partial charge < -0.3 is 24.4 Å². The van der Waals surface area contributed by atoms with Gasteiger partial charge in [0.25, 0.3) is 0 Å². The highest BCUT2D eigenvalue weighted by Crippen LogP contribution is 2.31. The molecule has 4 rings (SSSR count). The molecule has 0 amide bonds. The molecule has 45 heavy (non-hydrogen) atoms. The summed E-state index contributed by atoms with van der Waals surface area (Å²) in [6.45, 7) is 1.70. The summed E-state index contributed by atoms with van der Waals surface area (Å²) < 4.78 is 16.1. The minimum absolute atomic E-state index is 0.0137. The Hall–Kier alpha value is -5.89. The Kier molecular flexibility index (Phi) is 10.7. The number of ketones is 2. The largest absolute Gasteiger partial charge is 0.508 e. The van der Waals surface area contributed by atoms with Crippen molar-refractivity contribution in [2.24, 2.45) is 0 Å². The van der Waals surface area contributed by atoms with Crippen molar-refractivity contribution in [1.82, 2.24) is 0 Å². The lowest BCUT2D eigenvalue weighted by Crippen LogP contribution is -2.17. The van der Waals surface area contributed by atoms with Crippen molar-refractivity contribution in [3.05, 3.63) is 143 Å². The van der Waals surface area contributed by atoms with Crippen LogP contribution in [-0.4, -0.2) is 42.0 Å². The smallest absolute Gasteiger partial charge is 0.318 e. The minimum atomic E-state index is -0.664. The van der Waals surface area contributed by atoms with E-state index in [0.29, 0.717) is 27.8 Å². The van der Waals surface area contributed by atoms with Gasteiger partial charge in [0.2, 0.25) is 0 Å². The maximum absolute atomic E-state index is 13.1. The molecule has 4 aromatic rings. The zero-order chi connectivity index (χ0) is 32.3. The first-order valence-corrected chi connectivity index (χ1v) is 14.0. The van der Waals surface area contributed by atoms with Crippen molar-refractivity contribution in [2.75, 3.05) is 14.2 Å². The number of allylic oxidation sites excluding steroid dienone is 3. The third-order valence-corrected chi connectivity index (χ3v) is 6.82. The number of aromatic hydroxyl groups is 1. The number of ether oxygens (including phenoxy) is 3. The number of aliphatic hydroxyl groups excluding tert-OH is 1. The SMILES string of the molecule is COc1cc(/C=C/C(=O)C=C(O)/C=C/c2ccc(OC(=O)[C@@H](C)c3cccc(C(=O)c4ccccc4)c3)c(OC)c2)ccc1O. The van der Waals surface area contributed by atoms with E-state index < -0.39 is 17.7 Å². The van der Waals surface area contributed by atoms with Gasteiger partial charge in [-0.1, -0.05) is 72.8 Å². The predicted molar refractivity (Wildman–Crippen MR) is 172 cm³/mol. The highest BCUT2D eigenvalue weighted by molar-refractivity contribution is 6.09. The zero-order valence-corrected chi connectivity index (χ0v) is 25.0. The third-order valence-electron chi connectivity index (χ3n) is 6.82. The van der Waals surface area contributed by atoms with Crippen LogP contribution in [-0.2, 0) is 9.59 Å². The fourth-order valence-corrected chi connectivity index (χ4v) is 4.31. The van der Waals surface area contributed by atoms with Crippen molar-refractivity contribution < 1.29 is 38.8 Å². The van der Waals surface area contributed by atoms with Crippen LogP contribution >= 0.6 is 0 Å². The molecule has 0 heterocycles. The minimum Gasteiger partial charge on any atom is -0.508 e. The van der Waals surface area contributed by atoms with Crippen LogP contribution in [0, 0.1) is 0 Å². The Balaban J connectivity index is 1.40. The Morgan fingerprint density at radius 3 is 2.07 bits per heavy atom. The van der Waals surface area contributed by atoms with Crippen LogP contribution in [0.3, 0.4) is 0 Å². The van der Waals surface area contributed by atoms with E-state index in [1.165, 1.54) is 38.5 Å². The van der Waals surface area contributed by atoms with Crippen molar-refractivity contribution in [1.29, 1.82) is 0 Å². The molecule has 4 aromatic carbocycles. The quantitative estimate of drug-likeness (QED) is 0.0439. The molecule has 8 nitrogen and oxygen atoms in total. The second-order valence-electron chi connectivity index (χ2n) is 9.94. The molecule has 8 heteroatoms. The second kappa shape index (κ2) is 15.0. The molecule has 0 aliphatic carbocycles. The maximum Gasteiger partial charge on any atom is 0.318 e. The Morgan fingerprint density at radius 2 is 1.36 bits per heavy atom. The normalized spacial score (nSPS) is 12.2. The van der Waals surface area contributed by atoms with Gasteiger partial charge >= 0.3 is 5.97 Å². The number of rotatable bonds is 12. The van der Waals surface area contributed by atoms with Gasteiger partial charge in [-0.05, 0) is 66.1 Å². The van der Waals surface area contributed by atoms with E-state index in [9.17, 15) is 24.6 Å². The predicted octanol–water partition coefficient (Wildman–Crippen LogP) is 7.09. The van der Waals surface area contributed by atoms with E-state index in [-0.39, 0.29) is 34.5 Å². The monoisotopic (exact) mass is 604 g/mol. The Labute approximate surface area is 261 Å². The molecule has 0 fully saturated rings. The average molecular weight is 605 g/mol. The number of phenolic OH excluding ortho intramolecular Hbond substituents is 1. The molecule has 0 saturated heterocycles. The van der Waals surface area contributed by atoms with Crippen molar-refractivity contribution in [3.63, 3.8) is 0 Å². The number of benzene rings is 4. The van der Waals surface area contributed by atoms with Crippen LogP contribution in [0.1, 0.15) is 45.5 Å². The van der Waals surface area contributed by atoms with Gasteiger partial charge in [0.15, 0.2) is 34.6 Å². The van der Waals surface area contributed by atoms with Crippen LogP contribution in [0.4, 0.5) is 0 Å². The van der Waals surface area contributed by atoms with Crippen LogP contribution < -0.4 is 14.2 Å². The summed E-state index contributed by atoms with van der Waals surface area (Å²) in [6, 6.07) is 25.3. The highest BCUT2D eigenvalue weighted by Gasteiger charge is 2.21. The van der Waals surface area contributed by atoms with Crippen LogP contribution in [0.25, 0.3) is 12.2 Å². The van der Waals surface area contributed by atoms with Gasteiger partial charge in [0, 0.05) is 17.2 Å². The summed E-state index contributed by atoms with van der Waals surface area (Å²) in [6.07, 6.45) is 6.79. The molecule has 0 aliphatic rings. The number of aliphatic hydroxyl groups is 1. The standard InChI is InChI=1S/C37H32O8/c1-24(28-10-7-11-29(22-28)36(41)27-8-5-4-6-9-27)37(42)45-33-19-15-26(21-35(33)44-3)13-17-31(39)23-30(38)16-12-25-14-18-32(40)34(20-25)43-2/h4-24,39-40H,1-3H3/b16-12+,17-13+,31-23?/t24-/m0/s1. The van der Waals surface area contributed by atoms with Gasteiger partial charge in [-0.15, -0.1) is 0 Å². The van der Waals surface area contributed by atoms with Gasteiger partial charge in [-0.2, -0.15) is 0 Å². The number of esters is 1. The van der Waals surface area contributed by atoms with E-state index in [2.05, 4.69) is 0 Å². The molecule has 0 saturated carbocycles. The maximum atomic E-state index is 13.1. The lowest BCUT2D eigenvalue weighted by atomic mass is 9.96. The summed E-state index contributed by atoms with van der Waals surface area (Å²) in [7, 11) is 2.87. The van der Waals surface area contributed by atoms with Gasteiger partial charge in [-0.3, -0.25) is 14.4 Å². The summed E-state index contributed by atoms with van der Waals surface area (Å²) in [5, 5.41) is 19.9. The lowest BCUT2D eigenvalue weighted by molar-refractivity contribution is -0.135. The number of hydrogen-bond donors (Lipinski definition) is 2. The van der Waals surface area contributed by atoms with E-state index in [4.69, 9.17) is 14.2 Å². The van der Waals surface area contributed by atoms with Gasteiger partial charge in [0.05, 0.1) is 20.1 Å². The first kappa shape index (κ1) is 32.0. The first-order chi connectivity index (χ1) is 21.7. The number of carbonyl (C=O) groups excluding carboxylic acids is 3. The summed E-state index contributed by atoms with van der Waals surface area (Å²) in [4.78, 5) is 38.2. The van der Waals surface area contributed by atoms with Crippen molar-refractivity contribution in [2.45, 2.75) is 12.8 Å². The van der Waals surface area contributed by atoms with E-state index in [1.807, 2.05) is 6.07 Å². The number of methoxy groups -OCH3 is 2. The Morgan fingerprint density at radius 1 is 0.711 bits per heavy atom. The molecule has 228 valence electrons. The number of carbonyl (C=O) groups is 3. The average Bonchev–Trinajstić information content (AvgIpc) is 3.07. The van der Waals surface area contributed by atoms with E-state index in [0.717, 1.165) is 6.08 Å². The molecule has 0 bridgehead atoms. The van der Waals surface area contributed by atoms with Crippen molar-refractivity contribution >= 4 is 29.7 Å². The zero-order valence-electron chi connectivity index (χ0n) is 25.0. The second-order valence-corrected chi connectivity index (χ2v) is 9.94. The van der Waals surface area contributed by atoms with E-state index in [1.54, 1.807) is 91.9 Å². The van der Waals surface area contributed by atoms with E-state index >= 15 is 0 Å². The summed E-state index contributed by atoms with van der Waals surface area (Å²) in [5.74, 6) is -1.30. The van der Waals surface area contributed by atoms with Gasteiger partial charge in [0.1, 0.15) is 5.76 Å². The summed E-state index contributed by atoms with van der Waals surface area (Å²) in [5.41, 5.74) is 2.92. The van der Waals surface area contributed by atoms with Crippen LogP contribution in [0.2, 0.25) is 0 Å². The molecular formula is C37H32O8. The molecule has 1 atom stereocenters. The van der Waals surface area contributed by atoms with Gasteiger partial charge in [-0.25, -0.2) is 0 Å².